The summed E-state index contributed by atoms with van der Waals surface area (Å²) in [5, 5.41) is 13.2. The van der Waals surface area contributed by atoms with Crippen LogP contribution in [0.3, 0.4) is 0 Å². The van der Waals surface area contributed by atoms with Crippen LogP contribution in [-0.4, -0.2) is 49.9 Å². The number of aryl methyl sites for hydroxylation is 1. The molecule has 2 aromatic rings. The smallest absolute Gasteiger partial charge is 0.324 e. The fourth-order valence-corrected chi connectivity index (χ4v) is 5.00. The van der Waals surface area contributed by atoms with Crippen LogP contribution in [0.1, 0.15) is 15.2 Å². The number of amides is 1. The van der Waals surface area contributed by atoms with Gasteiger partial charge >= 0.3 is 5.00 Å². The largest absolute Gasteiger partial charge is 0.379 e. The second-order valence-electron chi connectivity index (χ2n) is 5.85. The summed E-state index contributed by atoms with van der Waals surface area (Å²) in [6, 6.07) is 7.22. The lowest BCUT2D eigenvalue weighted by Crippen LogP contribution is -2.40. The highest BCUT2D eigenvalue weighted by molar-refractivity contribution is 7.89. The van der Waals surface area contributed by atoms with Crippen molar-refractivity contribution in [3.8, 4) is 0 Å². The van der Waals surface area contributed by atoms with Crippen molar-refractivity contribution in [3.63, 3.8) is 0 Å². The van der Waals surface area contributed by atoms with Crippen molar-refractivity contribution in [1.82, 2.24) is 4.31 Å². The van der Waals surface area contributed by atoms with E-state index in [1.165, 1.54) is 22.5 Å². The zero-order chi connectivity index (χ0) is 19.6. The highest BCUT2D eigenvalue weighted by atomic mass is 32.2. The molecule has 0 unspecified atom stereocenters. The number of anilines is 1. The van der Waals surface area contributed by atoms with Crippen LogP contribution in [0.5, 0.6) is 0 Å². The predicted molar refractivity (Wildman–Crippen MR) is 99.7 cm³/mol. The van der Waals surface area contributed by atoms with E-state index < -0.39 is 20.9 Å². The van der Waals surface area contributed by atoms with Gasteiger partial charge < -0.3 is 10.1 Å². The molecular formula is C16H17N3O6S2. The summed E-state index contributed by atoms with van der Waals surface area (Å²) in [6.07, 6.45) is 0. The number of morpholine rings is 1. The average Bonchev–Trinajstić information content (AvgIpc) is 3.14. The van der Waals surface area contributed by atoms with Gasteiger partial charge in [0.25, 0.3) is 5.91 Å². The van der Waals surface area contributed by atoms with E-state index in [1.54, 1.807) is 19.1 Å². The summed E-state index contributed by atoms with van der Waals surface area (Å²) in [6.45, 7) is 2.91. The van der Waals surface area contributed by atoms with Crippen LogP contribution in [-0.2, 0) is 14.8 Å². The molecule has 11 heteroatoms. The summed E-state index contributed by atoms with van der Waals surface area (Å²) in [4.78, 5) is 22.7. The molecule has 1 fully saturated rings. The number of nitrogens with one attached hydrogen (secondary N) is 1. The number of sulfonamides is 1. The van der Waals surface area contributed by atoms with Gasteiger partial charge in [0.2, 0.25) is 10.0 Å². The van der Waals surface area contributed by atoms with Crippen LogP contribution in [0.25, 0.3) is 0 Å². The Morgan fingerprint density at radius 3 is 2.59 bits per heavy atom. The van der Waals surface area contributed by atoms with E-state index >= 15 is 0 Å². The number of rotatable bonds is 5. The number of carbonyl (C=O) groups is 1. The monoisotopic (exact) mass is 411 g/mol. The van der Waals surface area contributed by atoms with Gasteiger partial charge in [-0.1, -0.05) is 17.4 Å². The Bertz CT molecular complexity index is 980. The van der Waals surface area contributed by atoms with Gasteiger partial charge in [-0.3, -0.25) is 14.9 Å². The Balaban J connectivity index is 1.84. The molecule has 0 aliphatic carbocycles. The normalized spacial score (nSPS) is 15.4. The quantitative estimate of drug-likeness (QED) is 0.595. The Morgan fingerprint density at radius 1 is 1.26 bits per heavy atom. The maximum absolute atomic E-state index is 12.9. The van der Waals surface area contributed by atoms with Crippen molar-refractivity contribution in [1.29, 1.82) is 0 Å². The zero-order valence-corrected chi connectivity index (χ0v) is 16.0. The summed E-state index contributed by atoms with van der Waals surface area (Å²) in [7, 11) is -3.71. The minimum Gasteiger partial charge on any atom is -0.379 e. The predicted octanol–water partition coefficient (Wildman–Crippen LogP) is 2.24. The van der Waals surface area contributed by atoms with Crippen LogP contribution in [0.15, 0.2) is 35.2 Å². The second-order valence-corrected chi connectivity index (χ2v) is 8.81. The van der Waals surface area contributed by atoms with Gasteiger partial charge in [0.05, 0.1) is 27.9 Å². The number of nitro groups is 1. The Morgan fingerprint density at radius 2 is 1.96 bits per heavy atom. The standard InChI is InChI=1S/C16H17N3O6S2/c1-11-2-3-12(17-16(20)13-4-5-15(26-13)19(21)22)10-14(11)27(23,24)18-6-8-25-9-7-18/h2-5,10H,6-9H2,1H3,(H,17,20). The third kappa shape index (κ3) is 4.16. The molecular weight excluding hydrogens is 394 g/mol. The SMILES string of the molecule is Cc1ccc(NC(=O)c2ccc([N+](=O)[O-])s2)cc1S(=O)(=O)N1CCOCC1. The fourth-order valence-electron chi connectivity index (χ4n) is 2.62. The van der Waals surface area contributed by atoms with E-state index in [1.807, 2.05) is 0 Å². The Kier molecular flexibility index (Phi) is 5.56. The van der Waals surface area contributed by atoms with Crippen LogP contribution < -0.4 is 5.32 Å². The second kappa shape index (κ2) is 7.72. The van der Waals surface area contributed by atoms with E-state index in [0.29, 0.717) is 24.5 Å². The van der Waals surface area contributed by atoms with Gasteiger partial charge in [-0.25, -0.2) is 8.42 Å². The molecule has 1 N–H and O–H groups in total. The first-order chi connectivity index (χ1) is 12.8. The Labute approximate surface area is 159 Å². The molecule has 0 bridgehead atoms. The van der Waals surface area contributed by atoms with Crippen molar-refractivity contribution < 1.29 is 22.9 Å². The molecule has 1 amide bonds. The molecule has 0 radical (unpaired) electrons. The van der Waals surface area contributed by atoms with Crippen LogP contribution in [0, 0.1) is 17.0 Å². The number of thiophene rings is 1. The lowest BCUT2D eigenvalue weighted by Gasteiger charge is -2.26. The highest BCUT2D eigenvalue weighted by Crippen LogP contribution is 2.27. The molecule has 27 heavy (non-hydrogen) atoms. The number of benzene rings is 1. The molecule has 1 aromatic heterocycles. The topological polar surface area (TPSA) is 119 Å². The first-order valence-corrected chi connectivity index (χ1v) is 10.3. The van der Waals surface area contributed by atoms with Crippen molar-refractivity contribution in [2.75, 3.05) is 31.6 Å². The molecule has 3 rings (SSSR count). The summed E-state index contributed by atoms with van der Waals surface area (Å²) in [5.41, 5.74) is 0.861. The van der Waals surface area contributed by atoms with Crippen molar-refractivity contribution in [3.05, 3.63) is 50.9 Å². The third-order valence-electron chi connectivity index (χ3n) is 4.03. The Hall–Kier alpha value is -2.34. The lowest BCUT2D eigenvalue weighted by molar-refractivity contribution is -0.380. The van der Waals surface area contributed by atoms with Gasteiger partial charge in [0.1, 0.15) is 0 Å². The van der Waals surface area contributed by atoms with Crippen LogP contribution in [0.4, 0.5) is 10.7 Å². The average molecular weight is 411 g/mol. The molecule has 0 spiro atoms. The van der Waals surface area contributed by atoms with Crippen molar-refractivity contribution in [2.24, 2.45) is 0 Å². The third-order valence-corrected chi connectivity index (χ3v) is 7.11. The number of hydrogen-bond donors (Lipinski definition) is 1. The molecule has 0 saturated carbocycles. The summed E-state index contributed by atoms with van der Waals surface area (Å²) < 4.78 is 32.3. The number of carbonyl (C=O) groups excluding carboxylic acids is 1. The first-order valence-electron chi connectivity index (χ1n) is 8.03. The molecule has 0 atom stereocenters. The molecule has 144 valence electrons. The van der Waals surface area contributed by atoms with E-state index in [-0.39, 0.29) is 27.9 Å². The highest BCUT2D eigenvalue weighted by Gasteiger charge is 2.28. The fraction of sp³-hybridized carbons (Fsp3) is 0.312. The van der Waals surface area contributed by atoms with E-state index in [4.69, 9.17) is 4.74 Å². The van der Waals surface area contributed by atoms with Crippen molar-refractivity contribution in [2.45, 2.75) is 11.8 Å². The van der Waals surface area contributed by atoms with Crippen LogP contribution in [0.2, 0.25) is 0 Å². The maximum atomic E-state index is 12.9. The molecule has 1 aliphatic heterocycles. The first kappa shape index (κ1) is 19.4. The zero-order valence-electron chi connectivity index (χ0n) is 14.4. The minimum absolute atomic E-state index is 0.111. The number of ether oxygens (including phenoxy) is 1. The molecule has 9 nitrogen and oxygen atoms in total. The van der Waals surface area contributed by atoms with Gasteiger partial charge in [0.15, 0.2) is 0 Å². The molecule has 1 aromatic carbocycles. The van der Waals surface area contributed by atoms with E-state index in [9.17, 15) is 23.3 Å². The van der Waals surface area contributed by atoms with Crippen LogP contribution >= 0.6 is 11.3 Å². The number of nitrogens with zero attached hydrogens (tertiary/aromatic N) is 2. The van der Waals surface area contributed by atoms with Gasteiger partial charge in [-0.2, -0.15) is 4.31 Å². The lowest BCUT2D eigenvalue weighted by atomic mass is 10.2. The molecule has 1 saturated heterocycles. The van der Waals surface area contributed by atoms with Crippen molar-refractivity contribution >= 4 is 38.0 Å². The maximum Gasteiger partial charge on any atom is 0.324 e. The molecule has 2 heterocycles. The van der Waals surface area contributed by atoms with Gasteiger partial charge in [-0.05, 0) is 30.7 Å². The molecule has 1 aliphatic rings. The van der Waals surface area contributed by atoms with Gasteiger partial charge in [0, 0.05) is 24.8 Å². The number of hydrogen-bond acceptors (Lipinski definition) is 7. The minimum atomic E-state index is -3.71. The van der Waals surface area contributed by atoms with Gasteiger partial charge in [-0.15, -0.1) is 0 Å². The van der Waals surface area contributed by atoms with E-state index in [0.717, 1.165) is 11.3 Å². The summed E-state index contributed by atoms with van der Waals surface area (Å²) >= 11 is 0.752. The van der Waals surface area contributed by atoms with E-state index in [2.05, 4.69) is 5.32 Å². The summed E-state index contributed by atoms with van der Waals surface area (Å²) in [5.74, 6) is -0.535.